The number of benzene rings is 2. The highest BCUT2D eigenvalue weighted by atomic mass is 31.2. The molecule has 1 aliphatic heterocycles. The van der Waals surface area contributed by atoms with E-state index < -0.39 is 70.1 Å². The molecule has 1 aromatic heterocycles. The van der Waals surface area contributed by atoms with Crippen LogP contribution in [0.1, 0.15) is 73.1 Å². The van der Waals surface area contributed by atoms with Gasteiger partial charge in [0, 0.05) is 31.5 Å². The van der Waals surface area contributed by atoms with Gasteiger partial charge < -0.3 is 54.1 Å². The smallest absolute Gasteiger partial charge is 0.481 e. The Morgan fingerprint density at radius 2 is 1.67 bits per heavy atom. The lowest BCUT2D eigenvalue weighted by Crippen LogP contribution is -2.55. The van der Waals surface area contributed by atoms with Crippen molar-refractivity contribution in [1.29, 1.82) is 0 Å². The van der Waals surface area contributed by atoms with Crippen molar-refractivity contribution in [3.8, 4) is 0 Å². The molecule has 2 aromatic carbocycles. The number of carbonyl (C=O) groups is 4. The lowest BCUT2D eigenvalue weighted by atomic mass is 9.73. The van der Waals surface area contributed by atoms with E-state index in [1.807, 2.05) is 44.2 Å². The second-order valence-electron chi connectivity index (χ2n) is 14.1. The van der Waals surface area contributed by atoms with Gasteiger partial charge in [-0.3, -0.25) is 28.8 Å². The van der Waals surface area contributed by atoms with Crippen LogP contribution in [0.4, 0.5) is 10.5 Å². The van der Waals surface area contributed by atoms with Crippen molar-refractivity contribution in [3.63, 3.8) is 0 Å². The van der Waals surface area contributed by atoms with Crippen molar-refractivity contribution < 1.29 is 61.9 Å². The van der Waals surface area contributed by atoms with Crippen molar-refractivity contribution >= 4 is 51.8 Å². The highest BCUT2D eigenvalue weighted by Gasteiger charge is 2.39. The summed E-state index contributed by atoms with van der Waals surface area (Å²) >= 11 is 0. The molecule has 4 amide bonds. The number of anilines is 1. The van der Waals surface area contributed by atoms with E-state index in [9.17, 15) is 33.2 Å². The molecule has 19 nitrogen and oxygen atoms in total. The zero-order valence-corrected chi connectivity index (χ0v) is 34.1. The van der Waals surface area contributed by atoms with E-state index in [-0.39, 0.29) is 37.9 Å². The minimum Gasteiger partial charge on any atom is -0.777 e. The van der Waals surface area contributed by atoms with E-state index in [4.69, 9.17) is 28.7 Å². The summed E-state index contributed by atoms with van der Waals surface area (Å²) < 4.78 is 40.3. The Bertz CT molecular complexity index is 1930. The fourth-order valence-corrected chi connectivity index (χ4v) is 8.13. The van der Waals surface area contributed by atoms with Crippen molar-refractivity contribution in [2.45, 2.75) is 83.1 Å². The molecule has 22 heteroatoms. The number of aromatic nitrogens is 2. The Balaban J connectivity index is 1.35. The van der Waals surface area contributed by atoms with Crippen molar-refractivity contribution in [2.75, 3.05) is 18.6 Å². The molecule has 3 unspecified atom stereocenters. The maximum atomic E-state index is 13.9. The van der Waals surface area contributed by atoms with Crippen LogP contribution in [-0.4, -0.2) is 86.7 Å². The average Bonchev–Trinajstić information content (AvgIpc) is 3.39. The predicted molar refractivity (Wildman–Crippen MR) is 209 cm³/mol. The number of hydrogen-bond donors (Lipinski definition) is 6. The minimum absolute atomic E-state index is 0.0694. The number of aryl methyl sites for hydroxylation is 1. The number of nitrogens with one attached hydrogen (secondary N) is 3. The topological polar surface area (TPSA) is 279 Å². The molecule has 4 rings (SSSR count). The zero-order valence-electron chi connectivity index (χ0n) is 32.3. The van der Waals surface area contributed by atoms with Gasteiger partial charge in [0.25, 0.3) is 5.91 Å². The van der Waals surface area contributed by atoms with Crippen molar-refractivity contribution in [2.24, 2.45) is 5.92 Å². The van der Waals surface area contributed by atoms with Crippen molar-refractivity contribution in [1.82, 2.24) is 25.9 Å². The van der Waals surface area contributed by atoms with Gasteiger partial charge >= 0.3 is 20.8 Å². The van der Waals surface area contributed by atoms with Gasteiger partial charge in [0.05, 0.1) is 32.0 Å². The normalized spacial score (nSPS) is 15.5. The van der Waals surface area contributed by atoms with Crippen molar-refractivity contribution in [3.05, 3.63) is 89.5 Å². The molecule has 0 bridgehead atoms. The van der Waals surface area contributed by atoms with Gasteiger partial charge in [0.1, 0.15) is 11.7 Å². The van der Waals surface area contributed by atoms with Crippen LogP contribution in [0.2, 0.25) is 0 Å². The molecule has 0 saturated carbocycles. The minimum atomic E-state index is -5.60. The second kappa shape index (κ2) is 21.5. The van der Waals surface area contributed by atoms with E-state index in [1.165, 1.54) is 30.5 Å². The quantitative estimate of drug-likeness (QED) is 0.0574. The van der Waals surface area contributed by atoms with E-state index >= 15 is 0 Å². The first-order valence-electron chi connectivity index (χ1n) is 18.5. The van der Waals surface area contributed by atoms with E-state index in [1.54, 1.807) is 23.5 Å². The van der Waals surface area contributed by atoms with Crippen LogP contribution in [0, 0.1) is 5.92 Å². The van der Waals surface area contributed by atoms with Crippen LogP contribution >= 0.6 is 15.2 Å². The number of carbonyl (C=O) groups excluding carboxylic acids is 4. The third kappa shape index (κ3) is 14.4. The molecule has 0 saturated heterocycles. The highest BCUT2D eigenvalue weighted by Crippen LogP contribution is 2.55. The Labute approximate surface area is 336 Å². The maximum Gasteiger partial charge on any atom is 0.481 e. The van der Waals surface area contributed by atoms with E-state index in [0.29, 0.717) is 36.9 Å². The SMILES string of the molecule is CC(C)C[C@@H](NC(=O)C(CCCc1ccccc1)NC(=O)c1cnccn1)B1OCc2ccc(N(C)C(=O)OCCCC(=O)NC(P(=O)([O-])O)P(=O)(O)O)cc2CO1. The first kappa shape index (κ1) is 46.2. The van der Waals surface area contributed by atoms with Crippen LogP contribution in [0.15, 0.2) is 67.1 Å². The second-order valence-corrected chi connectivity index (χ2v) is 17.8. The molecule has 0 fully saturated rings. The van der Waals surface area contributed by atoms with Crippen LogP contribution in [0.3, 0.4) is 0 Å². The number of fused-ring (bicyclic) bond motifs is 1. The summed E-state index contributed by atoms with van der Waals surface area (Å²) in [6.45, 7) is 3.90. The molecular weight excluding hydrogens is 797 g/mol. The molecule has 2 heterocycles. The van der Waals surface area contributed by atoms with Crippen LogP contribution in [0.5, 0.6) is 0 Å². The summed E-state index contributed by atoms with van der Waals surface area (Å²) in [7, 11) is -10.4. The lowest BCUT2D eigenvalue weighted by Gasteiger charge is -2.28. The van der Waals surface area contributed by atoms with Gasteiger partial charge in [-0.2, -0.15) is 0 Å². The average molecular weight is 846 g/mol. The van der Waals surface area contributed by atoms with Crippen LogP contribution < -0.4 is 25.7 Å². The fourth-order valence-electron chi connectivity index (χ4n) is 5.99. The summed E-state index contributed by atoms with van der Waals surface area (Å²) in [6.07, 6.45) is 4.96. The van der Waals surface area contributed by atoms with Gasteiger partial charge in [-0.25, -0.2) is 9.78 Å². The highest BCUT2D eigenvalue weighted by molar-refractivity contribution is 7.70. The molecule has 58 heavy (non-hydrogen) atoms. The first-order chi connectivity index (χ1) is 27.4. The summed E-state index contributed by atoms with van der Waals surface area (Å²) in [6, 6.07) is 14.1. The molecule has 6 N–H and O–H groups in total. The summed E-state index contributed by atoms with van der Waals surface area (Å²) in [5, 5.41) is 7.48. The van der Waals surface area contributed by atoms with Crippen LogP contribution in [-0.2, 0) is 52.4 Å². The third-order valence-electron chi connectivity index (χ3n) is 8.95. The number of ether oxygens (including phenoxy) is 1. The van der Waals surface area contributed by atoms with Gasteiger partial charge in [-0.15, -0.1) is 0 Å². The molecule has 0 spiro atoms. The van der Waals surface area contributed by atoms with Crippen LogP contribution in [0.25, 0.3) is 0 Å². The Morgan fingerprint density at radius 1 is 0.966 bits per heavy atom. The monoisotopic (exact) mass is 845 g/mol. The molecule has 0 aliphatic carbocycles. The molecule has 4 atom stereocenters. The number of rotatable bonds is 19. The summed E-state index contributed by atoms with van der Waals surface area (Å²) in [5.74, 6) is -2.49. The van der Waals surface area contributed by atoms with Gasteiger partial charge in [-0.05, 0) is 66.8 Å². The first-order valence-corrected chi connectivity index (χ1v) is 21.8. The third-order valence-corrected chi connectivity index (χ3v) is 12.2. The Morgan fingerprint density at radius 3 is 2.31 bits per heavy atom. The molecule has 3 aromatic rings. The zero-order chi connectivity index (χ0) is 42.5. The maximum absolute atomic E-state index is 13.9. The largest absolute Gasteiger partial charge is 0.777 e. The molecule has 314 valence electrons. The van der Waals surface area contributed by atoms with E-state index in [2.05, 4.69) is 20.6 Å². The molecule has 0 radical (unpaired) electrons. The number of nitrogens with zero attached hydrogens (tertiary/aromatic N) is 3. The fraction of sp³-hybridized carbons (Fsp3) is 0.444. The van der Waals surface area contributed by atoms with Gasteiger partial charge in [0.15, 0.2) is 13.1 Å². The van der Waals surface area contributed by atoms with E-state index in [0.717, 1.165) is 11.1 Å². The summed E-state index contributed by atoms with van der Waals surface area (Å²) in [5.41, 5.74) is 0.319. The van der Waals surface area contributed by atoms with Gasteiger partial charge in [-0.1, -0.05) is 50.2 Å². The summed E-state index contributed by atoms with van der Waals surface area (Å²) in [4.78, 5) is 99.7. The predicted octanol–water partition coefficient (Wildman–Crippen LogP) is 2.38. The Kier molecular flexibility index (Phi) is 17.1. The lowest BCUT2D eigenvalue weighted by molar-refractivity contribution is -0.195. The number of amides is 4. The standard InChI is InChI=1S/C36H49BN6O13P2/c1-24(2)19-31(41-33(45)29(12-7-11-25-9-5-4-6-10-25)40-34(46)30-21-38-16-17-39-30)37-55-22-26-14-15-28(20-27(26)23-56-37)43(3)36(47)54-18-8-13-32(44)42-35(57(48,49)50)58(51,52)53/h4-6,9-10,14-17,20-21,24,29,31,35H,7-8,11-13,18-19,22-23H2,1-3H3,(H,40,46)(H,41,45)(H,42,44)(H2,48,49,50)(H2,51,52,53)/p-1/t29?,31-/m1/s1. The number of hydrogen-bond acceptors (Lipinski definition) is 12. The van der Waals surface area contributed by atoms with Gasteiger partial charge in [0.2, 0.25) is 11.8 Å². The Hall–Kier alpha value is -4.52. The molecular formula is C36H48BN6O13P2-. The molecule has 1 aliphatic rings.